The summed E-state index contributed by atoms with van der Waals surface area (Å²) in [7, 11) is 0. The molecule has 1 aromatic rings. The zero-order valence-corrected chi connectivity index (χ0v) is 12.4. The van der Waals surface area contributed by atoms with Crippen LogP contribution in [-0.4, -0.2) is 64.2 Å². The van der Waals surface area contributed by atoms with Gasteiger partial charge < -0.3 is 14.6 Å². The molecule has 5 nitrogen and oxygen atoms in total. The lowest BCUT2D eigenvalue weighted by Gasteiger charge is -2.35. The highest BCUT2D eigenvalue weighted by molar-refractivity contribution is 5.76. The van der Waals surface area contributed by atoms with Crippen molar-refractivity contribution in [1.82, 2.24) is 14.4 Å². The molecule has 1 N–H and O–H groups in total. The number of carbonyl (C=O) groups is 1. The third-order valence-corrected chi connectivity index (χ3v) is 3.85. The number of β-amino-alcohol motifs (C(OH)–C–C–N with tert-alkyl or cyclic N) is 1. The quantitative estimate of drug-likeness (QED) is 0.873. The third-order valence-electron chi connectivity index (χ3n) is 3.85. The lowest BCUT2D eigenvalue weighted by molar-refractivity contribution is -0.133. The summed E-state index contributed by atoms with van der Waals surface area (Å²) in [4.78, 5) is 16.4. The van der Waals surface area contributed by atoms with Crippen LogP contribution in [0.5, 0.6) is 0 Å². The molecule has 1 aliphatic heterocycles. The molecule has 0 unspecified atom stereocenters. The van der Waals surface area contributed by atoms with E-state index in [2.05, 4.69) is 16.4 Å². The predicted molar refractivity (Wildman–Crippen MR) is 78.5 cm³/mol. The van der Waals surface area contributed by atoms with Gasteiger partial charge in [0.1, 0.15) is 0 Å². The summed E-state index contributed by atoms with van der Waals surface area (Å²) < 4.78 is 2.07. The molecule has 0 spiro atoms. The number of hydrogen-bond acceptors (Lipinski definition) is 3. The first-order chi connectivity index (χ1) is 9.56. The van der Waals surface area contributed by atoms with Crippen LogP contribution < -0.4 is 0 Å². The zero-order chi connectivity index (χ0) is 14.5. The molecule has 1 aliphatic rings. The third kappa shape index (κ3) is 4.08. The molecular formula is C15H25N3O2. The average Bonchev–Trinajstić information content (AvgIpc) is 2.92. The van der Waals surface area contributed by atoms with Gasteiger partial charge in [0.25, 0.3) is 0 Å². The van der Waals surface area contributed by atoms with Crippen molar-refractivity contribution in [1.29, 1.82) is 0 Å². The van der Waals surface area contributed by atoms with E-state index in [1.807, 2.05) is 29.4 Å². The van der Waals surface area contributed by atoms with Gasteiger partial charge in [-0.1, -0.05) is 0 Å². The highest BCUT2D eigenvalue weighted by atomic mass is 16.3. The van der Waals surface area contributed by atoms with Gasteiger partial charge in [-0.3, -0.25) is 9.69 Å². The normalized spacial score (nSPS) is 19.9. The van der Waals surface area contributed by atoms with Gasteiger partial charge >= 0.3 is 0 Å². The Kier molecular flexibility index (Phi) is 5.20. The minimum Gasteiger partial charge on any atom is -0.392 e. The Hall–Kier alpha value is -1.33. The fraction of sp³-hybridized carbons (Fsp3) is 0.667. The van der Waals surface area contributed by atoms with Crippen molar-refractivity contribution in [2.75, 3.05) is 32.7 Å². The van der Waals surface area contributed by atoms with E-state index in [-0.39, 0.29) is 18.1 Å². The van der Waals surface area contributed by atoms with Crippen LogP contribution in [-0.2, 0) is 4.79 Å². The SMILES string of the molecule is C[C@H](O)CN1CCN(C(=O)C[C@H](C)n2cccc2)CC1. The Morgan fingerprint density at radius 1 is 1.15 bits per heavy atom. The number of amides is 1. The summed E-state index contributed by atoms with van der Waals surface area (Å²) >= 11 is 0. The first-order valence-corrected chi connectivity index (χ1v) is 7.37. The molecule has 5 heteroatoms. The van der Waals surface area contributed by atoms with Gasteiger partial charge in [-0.15, -0.1) is 0 Å². The van der Waals surface area contributed by atoms with Crippen LogP contribution in [0.3, 0.4) is 0 Å². The van der Waals surface area contributed by atoms with E-state index in [1.165, 1.54) is 0 Å². The zero-order valence-electron chi connectivity index (χ0n) is 12.4. The number of rotatable bonds is 5. The van der Waals surface area contributed by atoms with Crippen molar-refractivity contribution in [2.24, 2.45) is 0 Å². The van der Waals surface area contributed by atoms with Gasteiger partial charge in [-0.05, 0) is 26.0 Å². The Morgan fingerprint density at radius 3 is 2.30 bits per heavy atom. The van der Waals surface area contributed by atoms with Crippen LogP contribution in [0.1, 0.15) is 26.3 Å². The fourth-order valence-electron chi connectivity index (χ4n) is 2.68. The molecule has 0 radical (unpaired) electrons. The minimum atomic E-state index is -0.300. The molecule has 2 heterocycles. The van der Waals surface area contributed by atoms with Gasteiger partial charge in [0, 0.05) is 57.6 Å². The molecule has 112 valence electrons. The maximum absolute atomic E-state index is 12.3. The van der Waals surface area contributed by atoms with Gasteiger partial charge in [0.15, 0.2) is 0 Å². The summed E-state index contributed by atoms with van der Waals surface area (Å²) in [6.45, 7) is 7.82. The first-order valence-electron chi connectivity index (χ1n) is 7.37. The number of aromatic nitrogens is 1. The lowest BCUT2D eigenvalue weighted by atomic mass is 10.2. The van der Waals surface area contributed by atoms with Gasteiger partial charge in [0.2, 0.25) is 5.91 Å². The second-order valence-electron chi connectivity index (χ2n) is 5.71. The van der Waals surface area contributed by atoms with Gasteiger partial charge in [-0.2, -0.15) is 0 Å². The average molecular weight is 279 g/mol. The van der Waals surface area contributed by atoms with E-state index in [4.69, 9.17) is 0 Å². The highest BCUT2D eigenvalue weighted by Gasteiger charge is 2.22. The molecular weight excluding hydrogens is 254 g/mol. The number of aliphatic hydroxyl groups excluding tert-OH is 1. The van der Waals surface area contributed by atoms with Crippen LogP contribution in [0.2, 0.25) is 0 Å². The number of piperazine rings is 1. The maximum Gasteiger partial charge on any atom is 0.224 e. The molecule has 1 aromatic heterocycles. The Bertz CT molecular complexity index is 409. The molecule has 2 rings (SSSR count). The predicted octanol–water partition coefficient (Wildman–Crippen LogP) is 0.964. The molecule has 1 amide bonds. The first kappa shape index (κ1) is 15.1. The summed E-state index contributed by atoms with van der Waals surface area (Å²) in [5.41, 5.74) is 0. The fourth-order valence-corrected chi connectivity index (χ4v) is 2.68. The molecule has 0 bridgehead atoms. The van der Waals surface area contributed by atoms with Crippen molar-refractivity contribution >= 4 is 5.91 Å². The molecule has 1 saturated heterocycles. The van der Waals surface area contributed by atoms with Crippen molar-refractivity contribution in [3.8, 4) is 0 Å². The second kappa shape index (κ2) is 6.90. The molecule has 0 aromatic carbocycles. The second-order valence-corrected chi connectivity index (χ2v) is 5.71. The molecule has 1 fully saturated rings. The number of nitrogens with zero attached hydrogens (tertiary/aromatic N) is 3. The maximum atomic E-state index is 12.3. The van der Waals surface area contributed by atoms with E-state index in [0.717, 1.165) is 26.2 Å². The highest BCUT2D eigenvalue weighted by Crippen LogP contribution is 2.14. The van der Waals surface area contributed by atoms with Gasteiger partial charge in [0.05, 0.1) is 6.10 Å². The summed E-state index contributed by atoms with van der Waals surface area (Å²) in [5, 5.41) is 9.38. The largest absolute Gasteiger partial charge is 0.392 e. The molecule has 0 saturated carbocycles. The van der Waals surface area contributed by atoms with Crippen LogP contribution in [0, 0.1) is 0 Å². The van der Waals surface area contributed by atoms with Crippen molar-refractivity contribution in [3.05, 3.63) is 24.5 Å². The van der Waals surface area contributed by atoms with Crippen LogP contribution in [0.25, 0.3) is 0 Å². The number of carbonyl (C=O) groups excluding carboxylic acids is 1. The molecule has 0 aliphatic carbocycles. The Labute approximate surface area is 120 Å². The topological polar surface area (TPSA) is 48.7 Å². The van der Waals surface area contributed by atoms with Crippen molar-refractivity contribution in [3.63, 3.8) is 0 Å². The van der Waals surface area contributed by atoms with E-state index in [0.29, 0.717) is 13.0 Å². The van der Waals surface area contributed by atoms with E-state index in [1.54, 1.807) is 6.92 Å². The summed E-state index contributed by atoms with van der Waals surface area (Å²) in [6.07, 6.45) is 4.24. The number of hydrogen-bond donors (Lipinski definition) is 1. The van der Waals surface area contributed by atoms with Crippen molar-refractivity contribution < 1.29 is 9.90 Å². The smallest absolute Gasteiger partial charge is 0.224 e. The molecule has 2 atom stereocenters. The Morgan fingerprint density at radius 2 is 1.75 bits per heavy atom. The Balaban J connectivity index is 1.77. The van der Waals surface area contributed by atoms with Gasteiger partial charge in [-0.25, -0.2) is 0 Å². The lowest BCUT2D eigenvalue weighted by Crippen LogP contribution is -2.50. The minimum absolute atomic E-state index is 0.202. The van der Waals surface area contributed by atoms with Crippen LogP contribution >= 0.6 is 0 Å². The standard InChI is InChI=1S/C15H25N3O2/c1-13(17-5-3-4-6-17)11-15(20)18-9-7-16(8-10-18)12-14(2)19/h3-6,13-14,19H,7-12H2,1-2H3/t13-,14-/m0/s1. The van der Waals surface area contributed by atoms with Crippen LogP contribution in [0.4, 0.5) is 0 Å². The summed E-state index contributed by atoms with van der Waals surface area (Å²) in [6, 6.07) is 4.17. The molecule has 20 heavy (non-hydrogen) atoms. The van der Waals surface area contributed by atoms with Crippen LogP contribution in [0.15, 0.2) is 24.5 Å². The number of aliphatic hydroxyl groups is 1. The monoisotopic (exact) mass is 279 g/mol. The van der Waals surface area contributed by atoms with Crippen molar-refractivity contribution in [2.45, 2.75) is 32.4 Å². The van der Waals surface area contributed by atoms with E-state index >= 15 is 0 Å². The van der Waals surface area contributed by atoms with E-state index in [9.17, 15) is 9.90 Å². The summed E-state index contributed by atoms with van der Waals surface area (Å²) in [5.74, 6) is 0.225. The van der Waals surface area contributed by atoms with E-state index < -0.39 is 0 Å².